The molecule has 3 heterocycles. The van der Waals surface area contributed by atoms with Gasteiger partial charge in [-0.3, -0.25) is 4.79 Å². The van der Waals surface area contributed by atoms with Crippen molar-refractivity contribution in [1.29, 1.82) is 0 Å². The number of carbonyl (C=O) groups is 1. The van der Waals surface area contributed by atoms with Gasteiger partial charge in [-0.2, -0.15) is 4.99 Å². The zero-order chi connectivity index (χ0) is 18.1. The first-order chi connectivity index (χ1) is 12.5. The molecular weight excluding hydrogens is 372 g/mol. The van der Waals surface area contributed by atoms with Crippen LogP contribution >= 0.6 is 11.8 Å². The van der Waals surface area contributed by atoms with E-state index in [0.717, 1.165) is 12.8 Å². The van der Waals surface area contributed by atoms with Crippen molar-refractivity contribution in [2.75, 3.05) is 24.7 Å². The summed E-state index contributed by atoms with van der Waals surface area (Å²) in [5, 5.41) is 0.623. The molecule has 0 unspecified atom stereocenters. The molecule has 3 fully saturated rings. The molecule has 3 aliphatic rings. The summed E-state index contributed by atoms with van der Waals surface area (Å²) in [6.45, 7) is 1.26. The Morgan fingerprint density at radius 1 is 1.27 bits per heavy atom. The zero-order valence-electron chi connectivity index (χ0n) is 14.4. The maximum atomic E-state index is 12.4. The van der Waals surface area contributed by atoms with Gasteiger partial charge in [-0.1, -0.05) is 42.1 Å². The van der Waals surface area contributed by atoms with Crippen molar-refractivity contribution in [3.05, 3.63) is 35.9 Å². The Hall–Kier alpha value is -1.38. The molecule has 0 aliphatic carbocycles. The number of nitrogens with zero attached hydrogens (tertiary/aromatic N) is 2. The van der Waals surface area contributed by atoms with Crippen molar-refractivity contribution < 1.29 is 17.9 Å². The van der Waals surface area contributed by atoms with Crippen molar-refractivity contribution in [1.82, 2.24) is 4.90 Å². The average Bonchev–Trinajstić information content (AvgIpc) is 3.29. The highest BCUT2D eigenvalue weighted by Gasteiger charge is 2.48. The van der Waals surface area contributed by atoms with Crippen LogP contribution in [0.2, 0.25) is 0 Å². The van der Waals surface area contributed by atoms with E-state index in [9.17, 15) is 13.2 Å². The van der Waals surface area contributed by atoms with Crippen LogP contribution in [0.15, 0.2) is 35.3 Å². The number of carbonyl (C=O) groups excluding carboxylic acids is 1. The molecule has 3 saturated heterocycles. The summed E-state index contributed by atoms with van der Waals surface area (Å²) in [5.41, 5.74) is 1.19. The second-order valence-corrected chi connectivity index (χ2v) is 10.3. The lowest BCUT2D eigenvalue weighted by Crippen LogP contribution is -2.39. The summed E-state index contributed by atoms with van der Waals surface area (Å²) in [5.74, 6) is 0.0710. The Bertz CT molecular complexity index is 804. The predicted octanol–water partition coefficient (Wildman–Crippen LogP) is 1.51. The third kappa shape index (κ3) is 3.82. The molecule has 4 rings (SSSR count). The van der Waals surface area contributed by atoms with E-state index in [2.05, 4.69) is 17.1 Å². The Kier molecular flexibility index (Phi) is 5.07. The number of hydrogen-bond donors (Lipinski definition) is 0. The highest BCUT2D eigenvalue weighted by molar-refractivity contribution is 8.15. The molecule has 0 saturated carbocycles. The van der Waals surface area contributed by atoms with Gasteiger partial charge in [0.2, 0.25) is 0 Å². The lowest BCUT2D eigenvalue weighted by Gasteiger charge is -2.24. The minimum Gasteiger partial charge on any atom is -0.368 e. The van der Waals surface area contributed by atoms with Crippen molar-refractivity contribution in [3.63, 3.8) is 0 Å². The van der Waals surface area contributed by atoms with Crippen LogP contribution in [0.5, 0.6) is 0 Å². The van der Waals surface area contributed by atoms with E-state index in [4.69, 9.17) is 4.74 Å². The topological polar surface area (TPSA) is 76.0 Å². The number of amides is 1. The summed E-state index contributed by atoms with van der Waals surface area (Å²) >= 11 is 1.43. The molecular formula is C18H22N2O4S2. The fourth-order valence-corrected chi connectivity index (χ4v) is 7.71. The van der Waals surface area contributed by atoms with Crippen LogP contribution in [-0.4, -0.2) is 66.4 Å². The normalized spacial score (nSPS) is 31.5. The number of hydrogen-bond acceptors (Lipinski definition) is 5. The fraction of sp³-hybridized carbons (Fsp3) is 0.556. The number of rotatable bonds is 4. The van der Waals surface area contributed by atoms with Crippen molar-refractivity contribution in [3.8, 4) is 0 Å². The van der Waals surface area contributed by atoms with Gasteiger partial charge in [0.25, 0.3) is 5.91 Å². The molecule has 3 aliphatic heterocycles. The molecule has 3 atom stereocenters. The van der Waals surface area contributed by atoms with Crippen LogP contribution in [0.3, 0.4) is 0 Å². The highest BCUT2D eigenvalue weighted by atomic mass is 32.2. The molecule has 1 aromatic rings. The minimum absolute atomic E-state index is 0.0354. The van der Waals surface area contributed by atoms with E-state index in [1.165, 1.54) is 17.3 Å². The van der Waals surface area contributed by atoms with Crippen LogP contribution in [-0.2, 0) is 25.8 Å². The number of aliphatic imine (C=N–C) groups is 1. The van der Waals surface area contributed by atoms with Gasteiger partial charge in [-0.15, -0.1) is 0 Å². The van der Waals surface area contributed by atoms with Crippen LogP contribution in [0.1, 0.15) is 18.4 Å². The SMILES string of the molecule is O=C(N=C1S[C@@H]2CS(=O)(=O)C[C@H]2N1CCc1ccccc1)[C@@H]1CCCO1. The van der Waals surface area contributed by atoms with E-state index in [0.29, 0.717) is 24.7 Å². The van der Waals surface area contributed by atoms with E-state index in [1.54, 1.807) is 0 Å². The van der Waals surface area contributed by atoms with Crippen LogP contribution in [0, 0.1) is 0 Å². The number of thioether (sulfide) groups is 1. The Balaban J connectivity index is 1.53. The van der Waals surface area contributed by atoms with Gasteiger partial charge in [0, 0.05) is 18.4 Å². The summed E-state index contributed by atoms with van der Waals surface area (Å²) < 4.78 is 29.5. The number of benzene rings is 1. The third-order valence-corrected chi connectivity index (χ3v) is 8.32. The highest BCUT2D eigenvalue weighted by Crippen LogP contribution is 2.38. The monoisotopic (exact) mass is 394 g/mol. The molecule has 0 spiro atoms. The Morgan fingerprint density at radius 2 is 2.08 bits per heavy atom. The van der Waals surface area contributed by atoms with E-state index >= 15 is 0 Å². The molecule has 140 valence electrons. The van der Waals surface area contributed by atoms with E-state index in [1.807, 2.05) is 23.1 Å². The third-order valence-electron chi connectivity index (χ3n) is 5.07. The first-order valence-electron chi connectivity index (χ1n) is 8.94. The summed E-state index contributed by atoms with van der Waals surface area (Å²) in [6.07, 6.45) is 1.95. The molecule has 26 heavy (non-hydrogen) atoms. The smallest absolute Gasteiger partial charge is 0.277 e. The number of fused-ring (bicyclic) bond motifs is 1. The lowest BCUT2D eigenvalue weighted by atomic mass is 10.1. The summed E-state index contributed by atoms with van der Waals surface area (Å²) in [4.78, 5) is 18.8. The van der Waals surface area contributed by atoms with E-state index in [-0.39, 0.29) is 28.7 Å². The largest absolute Gasteiger partial charge is 0.368 e. The molecule has 0 radical (unpaired) electrons. The summed E-state index contributed by atoms with van der Waals surface area (Å²) in [6, 6.07) is 9.98. The first kappa shape index (κ1) is 18.0. The van der Waals surface area contributed by atoms with Crippen molar-refractivity contribution in [2.45, 2.75) is 36.7 Å². The molecule has 6 nitrogen and oxygen atoms in total. The second-order valence-electron chi connectivity index (χ2n) is 6.96. The summed E-state index contributed by atoms with van der Waals surface area (Å²) in [7, 11) is -3.02. The molecule has 0 N–H and O–H groups in total. The van der Waals surface area contributed by atoms with Crippen LogP contribution in [0.25, 0.3) is 0 Å². The van der Waals surface area contributed by atoms with Crippen molar-refractivity contribution >= 4 is 32.7 Å². The maximum Gasteiger partial charge on any atom is 0.277 e. The molecule has 1 aromatic carbocycles. The van der Waals surface area contributed by atoms with Gasteiger partial charge < -0.3 is 9.64 Å². The molecule has 8 heteroatoms. The second kappa shape index (κ2) is 7.32. The number of sulfone groups is 1. The van der Waals surface area contributed by atoms with Gasteiger partial charge in [0.15, 0.2) is 15.0 Å². The van der Waals surface area contributed by atoms with Crippen LogP contribution < -0.4 is 0 Å². The maximum absolute atomic E-state index is 12.4. The molecule has 0 bridgehead atoms. The van der Waals surface area contributed by atoms with Crippen LogP contribution in [0.4, 0.5) is 0 Å². The standard InChI is InChI=1S/C18H22N2O4S2/c21-17(15-7-4-10-24-15)19-18-20(9-8-13-5-2-1-3-6-13)14-11-26(22,23)12-16(14)25-18/h1-3,5-6,14-16H,4,7-12H2/t14-,15+,16-/m1/s1. The number of amidine groups is 1. The predicted molar refractivity (Wildman–Crippen MR) is 102 cm³/mol. The van der Waals surface area contributed by atoms with E-state index < -0.39 is 15.9 Å². The van der Waals surface area contributed by atoms with Gasteiger partial charge in [0.1, 0.15) is 6.10 Å². The zero-order valence-corrected chi connectivity index (χ0v) is 16.0. The first-order valence-corrected chi connectivity index (χ1v) is 11.6. The lowest BCUT2D eigenvalue weighted by molar-refractivity contribution is -0.126. The van der Waals surface area contributed by atoms with Gasteiger partial charge in [-0.05, 0) is 24.8 Å². The minimum atomic E-state index is -3.02. The van der Waals surface area contributed by atoms with Gasteiger partial charge in [-0.25, -0.2) is 8.42 Å². The molecule has 1 amide bonds. The van der Waals surface area contributed by atoms with Gasteiger partial charge >= 0.3 is 0 Å². The Morgan fingerprint density at radius 3 is 2.81 bits per heavy atom. The Labute approximate surface area is 157 Å². The van der Waals surface area contributed by atoms with Gasteiger partial charge in [0.05, 0.1) is 17.5 Å². The average molecular weight is 395 g/mol. The van der Waals surface area contributed by atoms with Crippen molar-refractivity contribution in [2.24, 2.45) is 4.99 Å². The number of ether oxygens (including phenoxy) is 1. The molecule has 0 aromatic heterocycles. The fourth-order valence-electron chi connectivity index (χ4n) is 3.73. The quantitative estimate of drug-likeness (QED) is 0.770.